The Morgan fingerprint density at radius 3 is 2.32 bits per heavy atom. The van der Waals surface area contributed by atoms with Crippen LogP contribution in [0.5, 0.6) is 0 Å². The van der Waals surface area contributed by atoms with Crippen LogP contribution in [0.25, 0.3) is 0 Å². The van der Waals surface area contributed by atoms with Gasteiger partial charge >= 0.3 is 0 Å². The topological polar surface area (TPSA) is 49.8 Å². The van der Waals surface area contributed by atoms with Gasteiger partial charge in [-0.1, -0.05) is 60.7 Å². The number of nitrogens with zero attached hydrogens (tertiary/aromatic N) is 2. The van der Waals surface area contributed by atoms with Crippen LogP contribution in [0.2, 0.25) is 0 Å². The van der Waals surface area contributed by atoms with Gasteiger partial charge in [-0.3, -0.25) is 0 Å². The van der Waals surface area contributed by atoms with E-state index in [1.807, 2.05) is 30.3 Å². The molecule has 0 fully saturated rings. The lowest BCUT2D eigenvalue weighted by molar-refractivity contribution is 0.854. The predicted octanol–water partition coefficient (Wildman–Crippen LogP) is 4.69. The molecule has 25 heavy (non-hydrogen) atoms. The van der Waals surface area contributed by atoms with Gasteiger partial charge in [0.25, 0.3) is 0 Å². The van der Waals surface area contributed by atoms with E-state index in [-0.39, 0.29) is 6.04 Å². The van der Waals surface area contributed by atoms with Gasteiger partial charge in [0.05, 0.1) is 0 Å². The number of benzene rings is 2. The fourth-order valence-electron chi connectivity index (χ4n) is 2.73. The summed E-state index contributed by atoms with van der Waals surface area (Å²) >= 11 is 0. The summed E-state index contributed by atoms with van der Waals surface area (Å²) in [5.74, 6) is 1.68. The van der Waals surface area contributed by atoms with Crippen LogP contribution in [0.1, 0.15) is 30.5 Å². The molecule has 4 heteroatoms. The zero-order valence-electron chi connectivity index (χ0n) is 14.5. The van der Waals surface area contributed by atoms with Crippen molar-refractivity contribution in [3.8, 4) is 0 Å². The summed E-state index contributed by atoms with van der Waals surface area (Å²) < 4.78 is 0. The number of nitrogens with one attached hydrogen (secondary N) is 2. The number of anilines is 2. The molecule has 0 spiro atoms. The highest BCUT2D eigenvalue weighted by Crippen LogP contribution is 2.18. The van der Waals surface area contributed by atoms with Gasteiger partial charge in [-0.2, -0.15) is 0 Å². The molecule has 1 unspecified atom stereocenters. The molecule has 3 rings (SSSR count). The van der Waals surface area contributed by atoms with E-state index < -0.39 is 0 Å². The first kappa shape index (κ1) is 17.0. The van der Waals surface area contributed by atoms with E-state index in [4.69, 9.17) is 0 Å². The second-order valence-corrected chi connectivity index (χ2v) is 6.08. The normalized spacial score (nSPS) is 11.7. The summed E-state index contributed by atoms with van der Waals surface area (Å²) in [6.45, 7) is 3.02. The predicted molar refractivity (Wildman–Crippen MR) is 104 cm³/mol. The third-order valence-corrected chi connectivity index (χ3v) is 4.12. The lowest BCUT2D eigenvalue weighted by atomic mass is 10.1. The van der Waals surface area contributed by atoms with Gasteiger partial charge in [-0.05, 0) is 30.9 Å². The van der Waals surface area contributed by atoms with Gasteiger partial charge < -0.3 is 10.6 Å². The van der Waals surface area contributed by atoms with E-state index in [0.717, 1.165) is 31.0 Å². The molecule has 0 saturated carbocycles. The van der Waals surface area contributed by atoms with Crippen molar-refractivity contribution in [3.05, 3.63) is 84.2 Å². The molecule has 0 bridgehead atoms. The highest BCUT2D eigenvalue weighted by Gasteiger charge is 2.06. The van der Waals surface area contributed by atoms with Crippen LogP contribution < -0.4 is 10.6 Å². The van der Waals surface area contributed by atoms with Crippen LogP contribution in [-0.2, 0) is 6.42 Å². The van der Waals surface area contributed by atoms with E-state index in [1.165, 1.54) is 11.1 Å². The third-order valence-electron chi connectivity index (χ3n) is 4.12. The van der Waals surface area contributed by atoms with E-state index in [2.05, 4.69) is 63.9 Å². The molecule has 1 aromatic heterocycles. The molecule has 0 aliphatic rings. The highest BCUT2D eigenvalue weighted by molar-refractivity contribution is 5.47. The summed E-state index contributed by atoms with van der Waals surface area (Å²) in [5, 5.41) is 6.80. The van der Waals surface area contributed by atoms with Gasteiger partial charge in [0.1, 0.15) is 18.0 Å². The number of hydrogen-bond donors (Lipinski definition) is 2. The first-order valence-electron chi connectivity index (χ1n) is 8.72. The second-order valence-electron chi connectivity index (χ2n) is 6.08. The van der Waals surface area contributed by atoms with Crippen molar-refractivity contribution < 1.29 is 0 Å². The molecule has 2 aromatic carbocycles. The van der Waals surface area contributed by atoms with E-state index in [0.29, 0.717) is 0 Å². The standard InChI is InChI=1S/C21H24N4/c1-17(19-12-6-3-7-13-19)25-21-15-20(23-16-24-21)22-14-8-11-18-9-4-2-5-10-18/h2-7,9-10,12-13,15-17H,8,11,14H2,1H3,(H2,22,23,24,25). The lowest BCUT2D eigenvalue weighted by Gasteiger charge is -2.15. The monoisotopic (exact) mass is 332 g/mol. The summed E-state index contributed by atoms with van der Waals surface area (Å²) in [6.07, 6.45) is 3.73. The van der Waals surface area contributed by atoms with Crippen molar-refractivity contribution in [1.29, 1.82) is 0 Å². The van der Waals surface area contributed by atoms with Gasteiger partial charge in [0.15, 0.2) is 0 Å². The third kappa shape index (κ3) is 5.31. The number of aryl methyl sites for hydroxylation is 1. The molecule has 128 valence electrons. The minimum absolute atomic E-state index is 0.196. The zero-order valence-corrected chi connectivity index (χ0v) is 14.5. The quantitative estimate of drug-likeness (QED) is 0.587. The van der Waals surface area contributed by atoms with Gasteiger partial charge in [-0.25, -0.2) is 9.97 Å². The number of aromatic nitrogens is 2. The van der Waals surface area contributed by atoms with E-state index in [9.17, 15) is 0 Å². The summed E-state index contributed by atoms with van der Waals surface area (Å²) in [6, 6.07) is 23.0. The minimum Gasteiger partial charge on any atom is -0.370 e. The number of rotatable bonds is 8. The smallest absolute Gasteiger partial charge is 0.131 e. The van der Waals surface area contributed by atoms with Crippen LogP contribution in [0, 0.1) is 0 Å². The summed E-state index contributed by atoms with van der Waals surface area (Å²) in [4.78, 5) is 8.62. The van der Waals surface area contributed by atoms with Crippen LogP contribution in [0.15, 0.2) is 73.1 Å². The molecule has 0 saturated heterocycles. The van der Waals surface area contributed by atoms with Crippen molar-refractivity contribution in [2.24, 2.45) is 0 Å². The molecule has 0 amide bonds. The molecule has 1 heterocycles. The molecule has 0 aliphatic carbocycles. The fraction of sp³-hybridized carbons (Fsp3) is 0.238. The SMILES string of the molecule is CC(Nc1cc(NCCCc2ccccc2)ncn1)c1ccccc1. The first-order chi connectivity index (χ1) is 12.3. The zero-order chi connectivity index (χ0) is 17.3. The molecular formula is C21H24N4. The largest absolute Gasteiger partial charge is 0.370 e. The van der Waals surface area contributed by atoms with Gasteiger partial charge in [0, 0.05) is 18.7 Å². The highest BCUT2D eigenvalue weighted by atomic mass is 15.1. The van der Waals surface area contributed by atoms with Crippen LogP contribution in [0.4, 0.5) is 11.6 Å². The number of hydrogen-bond acceptors (Lipinski definition) is 4. The lowest BCUT2D eigenvalue weighted by Crippen LogP contribution is -2.10. The van der Waals surface area contributed by atoms with Crippen LogP contribution in [-0.4, -0.2) is 16.5 Å². The molecule has 1 atom stereocenters. The Bertz CT molecular complexity index is 759. The maximum Gasteiger partial charge on any atom is 0.131 e. The van der Waals surface area contributed by atoms with Crippen LogP contribution >= 0.6 is 0 Å². The van der Waals surface area contributed by atoms with Crippen molar-refractivity contribution in [2.45, 2.75) is 25.8 Å². The van der Waals surface area contributed by atoms with Crippen LogP contribution in [0.3, 0.4) is 0 Å². The Balaban J connectivity index is 1.49. The Labute approximate surface area is 149 Å². The van der Waals surface area contributed by atoms with Crippen molar-refractivity contribution in [2.75, 3.05) is 17.2 Å². The molecule has 2 N–H and O–H groups in total. The second kappa shape index (κ2) is 8.83. The van der Waals surface area contributed by atoms with Crippen molar-refractivity contribution in [3.63, 3.8) is 0 Å². The summed E-state index contributed by atoms with van der Waals surface area (Å²) in [5.41, 5.74) is 2.60. The van der Waals surface area contributed by atoms with E-state index in [1.54, 1.807) is 6.33 Å². The maximum atomic E-state index is 4.32. The average Bonchev–Trinajstić information content (AvgIpc) is 2.67. The van der Waals surface area contributed by atoms with E-state index >= 15 is 0 Å². The average molecular weight is 332 g/mol. The Hall–Kier alpha value is -2.88. The van der Waals surface area contributed by atoms with Crippen molar-refractivity contribution in [1.82, 2.24) is 9.97 Å². The minimum atomic E-state index is 0.196. The van der Waals surface area contributed by atoms with Crippen molar-refractivity contribution >= 4 is 11.6 Å². The molecular weight excluding hydrogens is 308 g/mol. The van der Waals surface area contributed by atoms with Gasteiger partial charge in [0.2, 0.25) is 0 Å². The molecule has 4 nitrogen and oxygen atoms in total. The summed E-state index contributed by atoms with van der Waals surface area (Å²) in [7, 11) is 0. The molecule has 0 radical (unpaired) electrons. The fourth-order valence-corrected chi connectivity index (χ4v) is 2.73. The molecule has 3 aromatic rings. The Morgan fingerprint density at radius 2 is 1.56 bits per heavy atom. The Morgan fingerprint density at radius 1 is 0.880 bits per heavy atom. The molecule has 0 aliphatic heterocycles. The Kier molecular flexibility index (Phi) is 5.99. The van der Waals surface area contributed by atoms with Gasteiger partial charge in [-0.15, -0.1) is 0 Å². The maximum absolute atomic E-state index is 4.32. The first-order valence-corrected chi connectivity index (χ1v) is 8.72.